The molecule has 3 heterocycles. The van der Waals surface area contributed by atoms with E-state index < -0.39 is 6.03 Å². The quantitative estimate of drug-likeness (QED) is 0.638. The summed E-state index contributed by atoms with van der Waals surface area (Å²) in [6.45, 7) is 2.28. The lowest BCUT2D eigenvalue weighted by Gasteiger charge is -2.12. The zero-order valence-corrected chi connectivity index (χ0v) is 13.9. The van der Waals surface area contributed by atoms with E-state index in [0.717, 1.165) is 0 Å². The Kier molecular flexibility index (Phi) is 5.13. The molecule has 3 rings (SSSR count). The van der Waals surface area contributed by atoms with Crippen LogP contribution in [-0.4, -0.2) is 43.4 Å². The predicted molar refractivity (Wildman–Crippen MR) is 94.0 cm³/mol. The summed E-state index contributed by atoms with van der Waals surface area (Å²) in [5.74, 6) is -0.111. The molecule has 0 radical (unpaired) electrons. The molecule has 3 aromatic heterocycles. The maximum Gasteiger partial charge on any atom is 0.320 e. The topological polar surface area (TPSA) is 127 Å². The number of aromatic nitrogens is 5. The summed E-state index contributed by atoms with van der Waals surface area (Å²) in [5, 5.41) is 15.6. The Balaban J connectivity index is 1.91. The van der Waals surface area contributed by atoms with Gasteiger partial charge < -0.3 is 10.6 Å². The molecule has 0 atom stereocenters. The van der Waals surface area contributed by atoms with Gasteiger partial charge in [-0.2, -0.15) is 0 Å². The normalized spacial score (nSPS) is 10.2. The maximum atomic E-state index is 12.6. The van der Waals surface area contributed by atoms with Crippen molar-refractivity contribution in [1.29, 1.82) is 0 Å². The van der Waals surface area contributed by atoms with Crippen LogP contribution in [0.15, 0.2) is 49.2 Å². The molecule has 0 saturated carbocycles. The first-order valence-electron chi connectivity index (χ1n) is 7.80. The number of carbonyl (C=O) groups excluding carboxylic acids is 2. The van der Waals surface area contributed by atoms with Gasteiger partial charge in [0.25, 0.3) is 5.91 Å². The molecule has 0 bridgehead atoms. The summed E-state index contributed by atoms with van der Waals surface area (Å²) >= 11 is 0. The van der Waals surface area contributed by atoms with E-state index in [2.05, 4.69) is 36.2 Å². The number of carbonyl (C=O) groups is 2. The summed E-state index contributed by atoms with van der Waals surface area (Å²) in [6, 6.07) is 4.59. The van der Waals surface area contributed by atoms with Crippen molar-refractivity contribution in [2.75, 3.05) is 17.2 Å². The Labute approximate surface area is 148 Å². The summed E-state index contributed by atoms with van der Waals surface area (Å²) in [5.41, 5.74) is 1.23. The Morgan fingerprint density at radius 3 is 2.77 bits per heavy atom. The molecule has 26 heavy (non-hydrogen) atoms. The fourth-order valence-electron chi connectivity index (χ4n) is 2.17. The van der Waals surface area contributed by atoms with Gasteiger partial charge in [0.15, 0.2) is 0 Å². The zero-order chi connectivity index (χ0) is 18.4. The third-order valence-electron chi connectivity index (χ3n) is 3.29. The van der Waals surface area contributed by atoms with Crippen LogP contribution in [0.3, 0.4) is 0 Å². The summed E-state index contributed by atoms with van der Waals surface area (Å²) in [6.07, 6.45) is 7.59. The lowest BCUT2D eigenvalue weighted by atomic mass is 10.2. The molecule has 0 aliphatic carbocycles. The molecular weight excluding hydrogens is 336 g/mol. The van der Waals surface area contributed by atoms with Gasteiger partial charge in [0.05, 0.1) is 35.5 Å². The second kappa shape index (κ2) is 7.83. The van der Waals surface area contributed by atoms with Gasteiger partial charge in [0.1, 0.15) is 5.82 Å². The molecule has 3 amide bonds. The number of pyridine rings is 2. The van der Waals surface area contributed by atoms with E-state index in [0.29, 0.717) is 17.9 Å². The first-order chi connectivity index (χ1) is 12.7. The van der Waals surface area contributed by atoms with E-state index in [1.807, 2.05) is 0 Å². The van der Waals surface area contributed by atoms with Crippen molar-refractivity contribution < 1.29 is 9.59 Å². The molecular formula is C16H16N8O2. The van der Waals surface area contributed by atoms with Gasteiger partial charge in [-0.25, -0.2) is 14.5 Å². The first kappa shape index (κ1) is 17.0. The van der Waals surface area contributed by atoms with Crippen LogP contribution in [0.5, 0.6) is 0 Å². The van der Waals surface area contributed by atoms with Gasteiger partial charge in [0.2, 0.25) is 0 Å². The minimum Gasteiger partial charge on any atom is -0.338 e. The standard InChI is InChI=1S/C16H16N8O2/c1-2-18-16(26)22-14-8-13(24-7-6-20-23-24)12(10-19-14)15(25)21-11-4-3-5-17-9-11/h3-10H,2H2,1H3,(H,21,25)(H2,18,19,22,26). The highest BCUT2D eigenvalue weighted by Crippen LogP contribution is 2.18. The van der Waals surface area contributed by atoms with E-state index in [4.69, 9.17) is 0 Å². The second-order valence-electron chi connectivity index (χ2n) is 5.11. The molecule has 0 aliphatic heterocycles. The van der Waals surface area contributed by atoms with Crippen LogP contribution in [0.25, 0.3) is 5.69 Å². The van der Waals surface area contributed by atoms with E-state index in [1.165, 1.54) is 23.3 Å². The third kappa shape index (κ3) is 3.98. The number of rotatable bonds is 5. The number of nitrogens with zero attached hydrogens (tertiary/aromatic N) is 5. The van der Waals surface area contributed by atoms with Crippen LogP contribution < -0.4 is 16.0 Å². The Morgan fingerprint density at radius 1 is 1.19 bits per heavy atom. The minimum absolute atomic E-state index is 0.265. The molecule has 0 spiro atoms. The van der Waals surface area contributed by atoms with Crippen LogP contribution >= 0.6 is 0 Å². The number of urea groups is 1. The van der Waals surface area contributed by atoms with Crippen molar-refractivity contribution in [3.8, 4) is 5.69 Å². The molecule has 10 nitrogen and oxygen atoms in total. The van der Waals surface area contributed by atoms with E-state index in [-0.39, 0.29) is 17.3 Å². The fourth-order valence-corrected chi connectivity index (χ4v) is 2.17. The number of nitrogens with one attached hydrogen (secondary N) is 3. The van der Waals surface area contributed by atoms with Gasteiger partial charge in [-0.3, -0.25) is 15.1 Å². The van der Waals surface area contributed by atoms with Crippen molar-refractivity contribution in [2.45, 2.75) is 6.92 Å². The molecule has 0 aromatic carbocycles. The van der Waals surface area contributed by atoms with Crippen molar-refractivity contribution in [3.05, 3.63) is 54.7 Å². The smallest absolute Gasteiger partial charge is 0.320 e. The Bertz CT molecular complexity index is 896. The number of hydrogen-bond donors (Lipinski definition) is 3. The van der Waals surface area contributed by atoms with E-state index in [9.17, 15) is 9.59 Å². The monoisotopic (exact) mass is 352 g/mol. The SMILES string of the molecule is CCNC(=O)Nc1cc(-n2ccnn2)c(C(=O)Nc2cccnc2)cn1. The summed E-state index contributed by atoms with van der Waals surface area (Å²) in [4.78, 5) is 32.4. The molecule has 3 N–H and O–H groups in total. The summed E-state index contributed by atoms with van der Waals surface area (Å²) in [7, 11) is 0. The average Bonchev–Trinajstić information content (AvgIpc) is 3.17. The maximum absolute atomic E-state index is 12.6. The highest BCUT2D eigenvalue weighted by atomic mass is 16.2. The highest BCUT2D eigenvalue weighted by Gasteiger charge is 2.16. The molecule has 3 aromatic rings. The van der Waals surface area contributed by atoms with Crippen LogP contribution in [0.4, 0.5) is 16.3 Å². The Morgan fingerprint density at radius 2 is 2.08 bits per heavy atom. The molecule has 0 unspecified atom stereocenters. The van der Waals surface area contributed by atoms with Crippen LogP contribution in [0, 0.1) is 0 Å². The average molecular weight is 352 g/mol. The largest absolute Gasteiger partial charge is 0.338 e. The van der Waals surface area contributed by atoms with Crippen molar-refractivity contribution in [3.63, 3.8) is 0 Å². The molecule has 0 saturated heterocycles. The van der Waals surface area contributed by atoms with Gasteiger partial charge >= 0.3 is 6.03 Å². The number of hydrogen-bond acceptors (Lipinski definition) is 6. The van der Waals surface area contributed by atoms with Crippen molar-refractivity contribution in [2.24, 2.45) is 0 Å². The third-order valence-corrected chi connectivity index (χ3v) is 3.29. The van der Waals surface area contributed by atoms with Crippen LogP contribution in [0.2, 0.25) is 0 Å². The van der Waals surface area contributed by atoms with E-state index >= 15 is 0 Å². The van der Waals surface area contributed by atoms with Gasteiger partial charge in [-0.05, 0) is 19.1 Å². The lowest BCUT2D eigenvalue weighted by Crippen LogP contribution is -2.28. The number of anilines is 2. The first-order valence-corrected chi connectivity index (χ1v) is 7.80. The van der Waals surface area contributed by atoms with Crippen LogP contribution in [-0.2, 0) is 0 Å². The van der Waals surface area contributed by atoms with Gasteiger partial charge in [-0.1, -0.05) is 5.21 Å². The lowest BCUT2D eigenvalue weighted by molar-refractivity contribution is 0.102. The van der Waals surface area contributed by atoms with Gasteiger partial charge in [0, 0.05) is 25.0 Å². The molecule has 0 aliphatic rings. The predicted octanol–water partition coefficient (Wildman–Crippen LogP) is 1.45. The van der Waals surface area contributed by atoms with Crippen LogP contribution in [0.1, 0.15) is 17.3 Å². The molecule has 132 valence electrons. The molecule has 10 heteroatoms. The zero-order valence-electron chi connectivity index (χ0n) is 13.9. The van der Waals surface area contributed by atoms with Gasteiger partial charge in [-0.15, -0.1) is 5.10 Å². The highest BCUT2D eigenvalue weighted by molar-refractivity contribution is 6.06. The molecule has 0 fully saturated rings. The summed E-state index contributed by atoms with van der Waals surface area (Å²) < 4.78 is 1.42. The minimum atomic E-state index is -0.392. The Hall–Kier alpha value is -3.82. The number of amides is 3. The second-order valence-corrected chi connectivity index (χ2v) is 5.11. The van der Waals surface area contributed by atoms with Crippen molar-refractivity contribution >= 4 is 23.4 Å². The van der Waals surface area contributed by atoms with Crippen molar-refractivity contribution in [1.82, 2.24) is 30.3 Å². The fraction of sp³-hybridized carbons (Fsp3) is 0.125. The van der Waals surface area contributed by atoms with E-state index in [1.54, 1.807) is 37.5 Å².